The first-order valence-corrected chi connectivity index (χ1v) is 6.65. The molecule has 1 N–H and O–H groups in total. The quantitative estimate of drug-likeness (QED) is 0.335. The maximum Gasteiger partial charge on any atom is 0.314 e. The first kappa shape index (κ1) is 19.0. The molecule has 0 aliphatic carbocycles. The van der Waals surface area contributed by atoms with Crippen LogP contribution in [0.5, 0.6) is 0 Å². The fourth-order valence-electron chi connectivity index (χ4n) is 0.507. The van der Waals surface area contributed by atoms with Gasteiger partial charge in [-0.1, -0.05) is 0 Å². The molecule has 0 fully saturated rings. The molecule has 5 nitrogen and oxygen atoms in total. The average Bonchev–Trinajstić information content (AvgIpc) is 2.18. The van der Waals surface area contributed by atoms with Gasteiger partial charge in [-0.3, -0.25) is 14.4 Å². The molecule has 0 aromatic carbocycles. The van der Waals surface area contributed by atoms with Crippen LogP contribution in [0.3, 0.4) is 0 Å². The molecule has 100 valence electrons. The Morgan fingerprint density at radius 3 is 1.35 bits per heavy atom. The van der Waals surface area contributed by atoms with Crippen LogP contribution in [0.15, 0.2) is 0 Å². The summed E-state index contributed by atoms with van der Waals surface area (Å²) in [6.45, 7) is 0. The van der Waals surface area contributed by atoms with Crippen molar-refractivity contribution in [3.63, 3.8) is 0 Å². The van der Waals surface area contributed by atoms with Crippen LogP contribution < -0.4 is 0 Å². The fraction of sp³-hybridized carbons (Fsp3) is 0.667. The van der Waals surface area contributed by atoms with Gasteiger partial charge >= 0.3 is 17.9 Å². The summed E-state index contributed by atoms with van der Waals surface area (Å²) in [6, 6.07) is 0. The molecule has 0 heterocycles. The van der Waals surface area contributed by atoms with Gasteiger partial charge in [0.15, 0.2) is 0 Å². The van der Waals surface area contributed by atoms with E-state index in [1.54, 1.807) is 0 Å². The standard InChI is InChI=1S/C6H10O3S2.C3H6O2S/c7-5(1-3-10)9-6(8)2-4-11;4-3(5)1-2-6/h10-11H,1-4H2;6H,1-2H2,(H,4,5). The van der Waals surface area contributed by atoms with E-state index < -0.39 is 17.9 Å². The van der Waals surface area contributed by atoms with Crippen molar-refractivity contribution in [1.82, 2.24) is 0 Å². The van der Waals surface area contributed by atoms with Crippen LogP contribution in [0.2, 0.25) is 0 Å². The van der Waals surface area contributed by atoms with Gasteiger partial charge in [0.2, 0.25) is 0 Å². The van der Waals surface area contributed by atoms with Crippen molar-refractivity contribution in [2.45, 2.75) is 19.3 Å². The number of rotatable bonds is 6. The topological polar surface area (TPSA) is 80.7 Å². The van der Waals surface area contributed by atoms with E-state index in [1.165, 1.54) is 0 Å². The Morgan fingerprint density at radius 2 is 1.18 bits per heavy atom. The van der Waals surface area contributed by atoms with Gasteiger partial charge in [-0.15, -0.1) is 0 Å². The first-order chi connectivity index (χ1) is 7.97. The van der Waals surface area contributed by atoms with E-state index in [1.807, 2.05) is 0 Å². The SMILES string of the molecule is O=C(CCS)OC(=O)CCS.O=C(O)CCS. The van der Waals surface area contributed by atoms with E-state index in [-0.39, 0.29) is 19.3 Å². The number of carbonyl (C=O) groups excluding carboxylic acids is 2. The fourth-order valence-corrected chi connectivity index (χ4v) is 1.06. The summed E-state index contributed by atoms with van der Waals surface area (Å²) in [4.78, 5) is 30.8. The number of hydrogen-bond donors (Lipinski definition) is 4. The van der Waals surface area contributed by atoms with Gasteiger partial charge in [-0.25, -0.2) is 0 Å². The van der Waals surface area contributed by atoms with E-state index in [0.717, 1.165) is 0 Å². The largest absolute Gasteiger partial charge is 0.481 e. The number of carboxylic acid groups (broad SMARTS) is 1. The molecule has 8 heteroatoms. The molecule has 0 rings (SSSR count). The van der Waals surface area contributed by atoms with Gasteiger partial charge in [0.05, 0.1) is 19.3 Å². The smallest absolute Gasteiger partial charge is 0.314 e. The molecule has 0 saturated heterocycles. The summed E-state index contributed by atoms with van der Waals surface area (Å²) in [7, 11) is 0. The van der Waals surface area contributed by atoms with E-state index in [0.29, 0.717) is 17.3 Å². The van der Waals surface area contributed by atoms with E-state index in [9.17, 15) is 14.4 Å². The van der Waals surface area contributed by atoms with Crippen LogP contribution in [0.25, 0.3) is 0 Å². The Bertz CT molecular complexity index is 229. The van der Waals surface area contributed by atoms with Crippen molar-refractivity contribution in [3.05, 3.63) is 0 Å². The maximum absolute atomic E-state index is 10.6. The van der Waals surface area contributed by atoms with Crippen LogP contribution in [0.1, 0.15) is 19.3 Å². The third kappa shape index (κ3) is 18.2. The average molecular weight is 300 g/mol. The zero-order valence-electron chi connectivity index (χ0n) is 9.16. The molecule has 0 radical (unpaired) electrons. The number of ether oxygens (including phenoxy) is 1. The summed E-state index contributed by atoms with van der Waals surface area (Å²) >= 11 is 11.3. The molecule has 0 aromatic heterocycles. The normalized spacial score (nSPS) is 8.88. The lowest BCUT2D eigenvalue weighted by molar-refractivity contribution is -0.159. The Labute approximate surface area is 117 Å². The minimum atomic E-state index is -0.787. The van der Waals surface area contributed by atoms with Crippen LogP contribution in [-0.2, 0) is 19.1 Å². The Balaban J connectivity index is 0. The van der Waals surface area contributed by atoms with Gasteiger partial charge in [0, 0.05) is 17.3 Å². The predicted molar refractivity (Wildman–Crippen MR) is 74.1 cm³/mol. The number of esters is 2. The monoisotopic (exact) mass is 300 g/mol. The molecule has 0 spiro atoms. The highest BCUT2D eigenvalue weighted by Crippen LogP contribution is 1.93. The maximum atomic E-state index is 10.6. The molecule has 0 bridgehead atoms. The zero-order valence-corrected chi connectivity index (χ0v) is 11.8. The van der Waals surface area contributed by atoms with E-state index in [2.05, 4.69) is 42.6 Å². The lowest BCUT2D eigenvalue weighted by atomic mass is 10.5. The van der Waals surface area contributed by atoms with Gasteiger partial charge in [0.25, 0.3) is 0 Å². The van der Waals surface area contributed by atoms with E-state index >= 15 is 0 Å². The summed E-state index contributed by atoms with van der Waals surface area (Å²) in [5.41, 5.74) is 0. The molecule has 0 amide bonds. The highest BCUT2D eigenvalue weighted by molar-refractivity contribution is 7.80. The third-order valence-electron chi connectivity index (χ3n) is 1.19. The van der Waals surface area contributed by atoms with Gasteiger partial charge in [-0.2, -0.15) is 37.9 Å². The van der Waals surface area contributed by atoms with Gasteiger partial charge < -0.3 is 9.84 Å². The van der Waals surface area contributed by atoms with Crippen molar-refractivity contribution < 1.29 is 24.2 Å². The molecule has 0 unspecified atom stereocenters. The molecule has 0 aliphatic rings. The molecule has 0 atom stereocenters. The number of carbonyl (C=O) groups is 3. The minimum absolute atomic E-state index is 0.156. The number of carboxylic acids is 1. The number of hydrogen-bond acceptors (Lipinski definition) is 7. The number of thiol groups is 3. The first-order valence-electron chi connectivity index (χ1n) is 4.75. The lowest BCUT2D eigenvalue weighted by Gasteiger charge is -1.98. The summed E-state index contributed by atoms with van der Waals surface area (Å²) in [5, 5.41) is 7.86. The van der Waals surface area contributed by atoms with Crippen molar-refractivity contribution in [2.75, 3.05) is 17.3 Å². The van der Waals surface area contributed by atoms with Crippen LogP contribution in [0, 0.1) is 0 Å². The molecular weight excluding hydrogens is 284 g/mol. The third-order valence-corrected chi connectivity index (χ3v) is 1.86. The van der Waals surface area contributed by atoms with Crippen molar-refractivity contribution >= 4 is 55.8 Å². The molecule has 17 heavy (non-hydrogen) atoms. The van der Waals surface area contributed by atoms with Gasteiger partial charge in [0.1, 0.15) is 0 Å². The minimum Gasteiger partial charge on any atom is -0.481 e. The predicted octanol–water partition coefficient (Wildman–Crippen LogP) is 1.09. The Hall–Kier alpha value is -0.340. The second-order valence-electron chi connectivity index (χ2n) is 2.66. The Morgan fingerprint density at radius 1 is 0.824 bits per heavy atom. The summed E-state index contributed by atoms with van der Waals surface area (Å²) in [6.07, 6.45) is 0.492. The zero-order chi connectivity index (χ0) is 13.7. The number of aliphatic carboxylic acids is 1. The van der Waals surface area contributed by atoms with Crippen LogP contribution >= 0.6 is 37.9 Å². The highest BCUT2D eigenvalue weighted by Gasteiger charge is 2.07. The molecule has 0 saturated carbocycles. The van der Waals surface area contributed by atoms with Crippen molar-refractivity contribution in [1.29, 1.82) is 0 Å². The van der Waals surface area contributed by atoms with Gasteiger partial charge in [-0.05, 0) is 0 Å². The molecule has 0 aliphatic heterocycles. The lowest BCUT2D eigenvalue weighted by Crippen LogP contribution is -2.12. The summed E-state index contributed by atoms with van der Waals surface area (Å²) < 4.78 is 4.36. The van der Waals surface area contributed by atoms with Crippen molar-refractivity contribution in [2.24, 2.45) is 0 Å². The molecular formula is C9H16O5S3. The van der Waals surface area contributed by atoms with Crippen LogP contribution in [0.4, 0.5) is 0 Å². The van der Waals surface area contributed by atoms with E-state index in [4.69, 9.17) is 5.11 Å². The van der Waals surface area contributed by atoms with Crippen LogP contribution in [-0.4, -0.2) is 40.3 Å². The molecule has 0 aromatic rings. The Kier molecular flexibility index (Phi) is 15.3. The second kappa shape index (κ2) is 13.7. The highest BCUT2D eigenvalue weighted by atomic mass is 32.1. The van der Waals surface area contributed by atoms with Crippen molar-refractivity contribution in [3.8, 4) is 0 Å². The second-order valence-corrected chi connectivity index (χ2v) is 4.00. The summed E-state index contributed by atoms with van der Waals surface area (Å²) in [5.74, 6) is -0.612.